The summed E-state index contributed by atoms with van der Waals surface area (Å²) >= 11 is 0. The number of hydrogen-bond donors (Lipinski definition) is 0. The average Bonchev–Trinajstić information content (AvgIpc) is 2.31. The van der Waals surface area contributed by atoms with E-state index in [4.69, 9.17) is 13.8 Å². The highest BCUT2D eigenvalue weighted by Crippen LogP contribution is 2.55. The van der Waals surface area contributed by atoms with Crippen molar-refractivity contribution in [2.75, 3.05) is 40.5 Å². The highest BCUT2D eigenvalue weighted by Gasteiger charge is 2.32. The van der Waals surface area contributed by atoms with Gasteiger partial charge in [0.05, 0.1) is 13.2 Å². The quantitative estimate of drug-likeness (QED) is 0.693. The molecule has 6 heteroatoms. The van der Waals surface area contributed by atoms with Gasteiger partial charge >= 0.3 is 7.60 Å². The highest BCUT2D eigenvalue weighted by molar-refractivity contribution is 7.58. The first-order chi connectivity index (χ1) is 7.18. The third-order valence-corrected chi connectivity index (χ3v) is 4.42. The molecule has 0 aromatic carbocycles. The number of ether oxygens (including phenoxy) is 1. The van der Waals surface area contributed by atoms with Crippen LogP contribution in [0.25, 0.3) is 0 Å². The van der Waals surface area contributed by atoms with Crippen LogP contribution in [0.4, 0.5) is 0 Å². The summed E-state index contributed by atoms with van der Waals surface area (Å²) in [6, 6.07) is 0. The van der Waals surface area contributed by atoms with Crippen molar-refractivity contribution in [2.45, 2.75) is 6.92 Å². The Morgan fingerprint density at radius 1 is 1.33 bits per heavy atom. The Morgan fingerprint density at radius 3 is 2.27 bits per heavy atom. The number of rotatable bonds is 4. The Balaban J connectivity index is 2.82. The zero-order valence-corrected chi connectivity index (χ0v) is 10.3. The fourth-order valence-corrected chi connectivity index (χ4v) is 2.95. The van der Waals surface area contributed by atoms with E-state index in [1.807, 2.05) is 11.8 Å². The minimum Gasteiger partial charge on any atom is -0.378 e. The van der Waals surface area contributed by atoms with Crippen LogP contribution in [0.15, 0.2) is 11.5 Å². The van der Waals surface area contributed by atoms with Crippen LogP contribution in [0.3, 0.4) is 0 Å². The van der Waals surface area contributed by atoms with Crippen LogP contribution in [0.1, 0.15) is 6.92 Å². The van der Waals surface area contributed by atoms with E-state index in [0.717, 1.165) is 13.1 Å². The van der Waals surface area contributed by atoms with Crippen LogP contribution in [-0.2, 0) is 18.3 Å². The van der Waals surface area contributed by atoms with Crippen LogP contribution in [0.5, 0.6) is 0 Å². The summed E-state index contributed by atoms with van der Waals surface area (Å²) in [4.78, 5) is 1.98. The van der Waals surface area contributed by atoms with E-state index in [0.29, 0.717) is 18.7 Å². The first-order valence-corrected chi connectivity index (χ1v) is 6.43. The minimum atomic E-state index is -3.13. The number of hydrogen-bond acceptors (Lipinski definition) is 5. The first-order valence-electron chi connectivity index (χ1n) is 4.89. The topological polar surface area (TPSA) is 48.0 Å². The Morgan fingerprint density at radius 2 is 1.87 bits per heavy atom. The lowest BCUT2D eigenvalue weighted by Crippen LogP contribution is -2.35. The summed E-state index contributed by atoms with van der Waals surface area (Å²) in [5, 5.41) is 0. The van der Waals surface area contributed by atoms with Crippen LogP contribution >= 0.6 is 7.60 Å². The molecule has 0 atom stereocenters. The van der Waals surface area contributed by atoms with Gasteiger partial charge in [0, 0.05) is 27.3 Å². The predicted molar refractivity (Wildman–Crippen MR) is 57.8 cm³/mol. The van der Waals surface area contributed by atoms with E-state index < -0.39 is 7.60 Å². The van der Waals surface area contributed by atoms with E-state index in [1.54, 1.807) is 6.08 Å². The lowest BCUT2D eigenvalue weighted by molar-refractivity contribution is 0.0550. The molecule has 0 spiro atoms. The van der Waals surface area contributed by atoms with Crippen molar-refractivity contribution >= 4 is 7.60 Å². The van der Waals surface area contributed by atoms with E-state index >= 15 is 0 Å². The zero-order valence-electron chi connectivity index (χ0n) is 9.43. The highest BCUT2D eigenvalue weighted by atomic mass is 31.2. The second-order valence-electron chi connectivity index (χ2n) is 3.11. The van der Waals surface area contributed by atoms with Crippen LogP contribution in [0, 0.1) is 0 Å². The van der Waals surface area contributed by atoms with Crippen molar-refractivity contribution in [3.05, 3.63) is 11.5 Å². The molecule has 88 valence electrons. The van der Waals surface area contributed by atoms with Gasteiger partial charge in [-0.15, -0.1) is 0 Å². The molecule has 0 aliphatic carbocycles. The predicted octanol–water partition coefficient (Wildman–Crippen LogP) is 1.67. The zero-order chi connectivity index (χ0) is 11.3. The van der Waals surface area contributed by atoms with Crippen molar-refractivity contribution in [3.8, 4) is 0 Å². The Kier molecular flexibility index (Phi) is 4.80. The lowest BCUT2D eigenvalue weighted by atomic mass is 10.4. The number of morpholine rings is 1. The van der Waals surface area contributed by atoms with Crippen LogP contribution < -0.4 is 0 Å². The summed E-state index contributed by atoms with van der Waals surface area (Å²) in [7, 11) is -0.334. The van der Waals surface area contributed by atoms with E-state index in [9.17, 15) is 4.57 Å². The maximum atomic E-state index is 12.2. The molecule has 1 aliphatic heterocycles. The maximum Gasteiger partial charge on any atom is 0.376 e. The van der Waals surface area contributed by atoms with Gasteiger partial charge in [0.1, 0.15) is 5.44 Å². The molecule has 1 saturated heterocycles. The molecule has 0 aromatic heterocycles. The van der Waals surface area contributed by atoms with Gasteiger partial charge in [-0.3, -0.25) is 4.57 Å². The van der Waals surface area contributed by atoms with Gasteiger partial charge in [-0.1, -0.05) is 6.08 Å². The number of nitrogens with zero attached hydrogens (tertiary/aromatic N) is 1. The molecule has 0 unspecified atom stereocenters. The third kappa shape index (κ3) is 2.82. The van der Waals surface area contributed by atoms with Gasteiger partial charge in [0.25, 0.3) is 0 Å². The minimum absolute atomic E-state index is 0.621. The largest absolute Gasteiger partial charge is 0.378 e. The fourth-order valence-electron chi connectivity index (χ4n) is 1.57. The standard InChI is InChI=1S/C9H18NO4P/c1-4-9(15(11,12-2)13-3)10-5-7-14-8-6-10/h4H,5-8H2,1-3H3. The van der Waals surface area contributed by atoms with Gasteiger partial charge in [0.2, 0.25) is 0 Å². The van der Waals surface area contributed by atoms with Gasteiger partial charge in [-0.25, -0.2) is 0 Å². The normalized spacial score (nSPS) is 19.4. The maximum absolute atomic E-state index is 12.2. The second-order valence-corrected chi connectivity index (χ2v) is 5.29. The van der Waals surface area contributed by atoms with Crippen molar-refractivity contribution in [1.29, 1.82) is 0 Å². The van der Waals surface area contributed by atoms with E-state index in [2.05, 4.69) is 0 Å². The molecule has 5 nitrogen and oxygen atoms in total. The Bertz CT molecular complexity index is 265. The summed E-state index contributed by atoms with van der Waals surface area (Å²) < 4.78 is 27.4. The molecule has 0 radical (unpaired) electrons. The van der Waals surface area contributed by atoms with Gasteiger partial charge in [-0.05, 0) is 6.92 Å². The molecular weight excluding hydrogens is 217 g/mol. The van der Waals surface area contributed by atoms with Gasteiger partial charge in [0.15, 0.2) is 0 Å². The van der Waals surface area contributed by atoms with Crippen LogP contribution in [-0.4, -0.2) is 45.4 Å². The molecular formula is C9H18NO4P. The van der Waals surface area contributed by atoms with Crippen LogP contribution in [0.2, 0.25) is 0 Å². The molecule has 15 heavy (non-hydrogen) atoms. The molecule has 0 bridgehead atoms. The van der Waals surface area contributed by atoms with E-state index in [-0.39, 0.29) is 0 Å². The molecule has 1 heterocycles. The Labute approximate surface area is 90.5 Å². The average molecular weight is 235 g/mol. The molecule has 1 fully saturated rings. The smallest absolute Gasteiger partial charge is 0.376 e. The Hall–Kier alpha value is -0.350. The summed E-state index contributed by atoms with van der Waals surface area (Å²) in [5.74, 6) is 0. The van der Waals surface area contributed by atoms with Crippen molar-refractivity contribution in [1.82, 2.24) is 4.90 Å². The molecule has 0 aromatic rings. The van der Waals surface area contributed by atoms with Crippen molar-refractivity contribution in [3.63, 3.8) is 0 Å². The first kappa shape index (κ1) is 12.7. The van der Waals surface area contributed by atoms with Gasteiger partial charge < -0.3 is 18.7 Å². The lowest BCUT2D eigenvalue weighted by Gasteiger charge is -2.32. The SMILES string of the molecule is CC=C(N1CCOCC1)P(=O)(OC)OC. The van der Waals surface area contributed by atoms with E-state index in [1.165, 1.54) is 14.2 Å². The summed E-state index contributed by atoms with van der Waals surface area (Å²) in [6.07, 6.45) is 1.78. The number of allylic oxidation sites excluding steroid dienone is 1. The van der Waals surface area contributed by atoms with Gasteiger partial charge in [-0.2, -0.15) is 0 Å². The molecule has 0 amide bonds. The fraction of sp³-hybridized carbons (Fsp3) is 0.778. The monoisotopic (exact) mass is 235 g/mol. The summed E-state index contributed by atoms with van der Waals surface area (Å²) in [6.45, 7) is 4.55. The molecule has 0 saturated carbocycles. The second kappa shape index (κ2) is 5.66. The summed E-state index contributed by atoms with van der Waals surface area (Å²) in [5.41, 5.74) is 0.621. The third-order valence-electron chi connectivity index (χ3n) is 2.35. The molecule has 1 rings (SSSR count). The molecule has 1 aliphatic rings. The van der Waals surface area contributed by atoms with Crippen molar-refractivity contribution < 1.29 is 18.3 Å². The molecule has 0 N–H and O–H groups in total. The van der Waals surface area contributed by atoms with Crippen molar-refractivity contribution in [2.24, 2.45) is 0 Å².